The van der Waals surface area contributed by atoms with Crippen molar-refractivity contribution in [2.24, 2.45) is 0 Å². The van der Waals surface area contributed by atoms with Crippen LogP contribution in [0.1, 0.15) is 51.0 Å². The van der Waals surface area contributed by atoms with E-state index in [1.807, 2.05) is 12.1 Å². The zero-order valence-electron chi connectivity index (χ0n) is 13.6. The molecule has 5 heteroatoms. The maximum atomic E-state index is 11.3. The number of anilines is 2. The standard InChI is InChI=1S/C18H25N3O2/c1-2-3-4-5-6-7-8-14-9-11-15(12-10-14)19-18-20-16(22)13-17(23)21-18/h9-13H,2-8H2,1H3,(H3,19,20,21,22,23). The third-order valence-electron chi connectivity index (χ3n) is 3.76. The summed E-state index contributed by atoms with van der Waals surface area (Å²) in [5.41, 5.74) is 1.74. The average Bonchev–Trinajstić information content (AvgIpc) is 2.51. The molecule has 1 aromatic heterocycles. The quantitative estimate of drug-likeness (QED) is 0.608. The highest BCUT2D eigenvalue weighted by Gasteiger charge is 2.01. The van der Waals surface area contributed by atoms with Crippen molar-refractivity contribution in [2.45, 2.75) is 51.9 Å². The van der Waals surface area contributed by atoms with E-state index >= 15 is 0 Å². The Hall–Kier alpha value is -2.30. The van der Waals surface area contributed by atoms with Crippen LogP contribution in [0.15, 0.2) is 35.1 Å². The summed E-state index contributed by atoms with van der Waals surface area (Å²) >= 11 is 0. The molecule has 0 amide bonds. The Kier molecular flexibility index (Phi) is 6.66. The zero-order valence-corrected chi connectivity index (χ0v) is 13.6. The fourth-order valence-electron chi connectivity index (χ4n) is 2.50. The Morgan fingerprint density at radius 1 is 1.09 bits per heavy atom. The fourth-order valence-corrected chi connectivity index (χ4v) is 2.50. The summed E-state index contributed by atoms with van der Waals surface area (Å²) in [6.45, 7) is 2.23. The molecule has 0 fully saturated rings. The van der Waals surface area contributed by atoms with Gasteiger partial charge >= 0.3 is 0 Å². The van der Waals surface area contributed by atoms with E-state index in [1.165, 1.54) is 44.1 Å². The first-order chi connectivity index (χ1) is 11.2. The van der Waals surface area contributed by atoms with E-state index in [1.54, 1.807) is 0 Å². The van der Waals surface area contributed by atoms with Crippen LogP contribution in [0.4, 0.5) is 11.6 Å². The van der Waals surface area contributed by atoms with Crippen molar-refractivity contribution >= 4 is 11.6 Å². The van der Waals surface area contributed by atoms with Crippen LogP contribution >= 0.6 is 0 Å². The Labute approximate surface area is 136 Å². The SMILES string of the molecule is CCCCCCCCc1ccc(Nc2nc(O)cc(=O)[nH]2)cc1. The Morgan fingerprint density at radius 3 is 2.48 bits per heavy atom. The third-order valence-corrected chi connectivity index (χ3v) is 3.76. The van der Waals surface area contributed by atoms with Crippen molar-refractivity contribution in [1.29, 1.82) is 0 Å². The number of nitrogens with one attached hydrogen (secondary N) is 2. The molecule has 0 saturated carbocycles. The van der Waals surface area contributed by atoms with Gasteiger partial charge < -0.3 is 10.4 Å². The van der Waals surface area contributed by atoms with E-state index < -0.39 is 0 Å². The van der Waals surface area contributed by atoms with Gasteiger partial charge in [-0.05, 0) is 30.5 Å². The van der Waals surface area contributed by atoms with E-state index in [0.29, 0.717) is 0 Å². The lowest BCUT2D eigenvalue weighted by Crippen LogP contribution is -2.08. The first-order valence-corrected chi connectivity index (χ1v) is 8.33. The lowest BCUT2D eigenvalue weighted by molar-refractivity contribution is 0.452. The molecule has 124 valence electrons. The van der Waals surface area contributed by atoms with Crippen molar-refractivity contribution in [3.8, 4) is 5.88 Å². The largest absolute Gasteiger partial charge is 0.493 e. The number of benzene rings is 1. The van der Waals surface area contributed by atoms with Crippen molar-refractivity contribution in [1.82, 2.24) is 9.97 Å². The predicted molar refractivity (Wildman–Crippen MR) is 93.3 cm³/mol. The van der Waals surface area contributed by atoms with Crippen molar-refractivity contribution in [3.05, 3.63) is 46.2 Å². The van der Waals surface area contributed by atoms with E-state index in [4.69, 9.17) is 0 Å². The third kappa shape index (κ3) is 6.14. The molecule has 0 aliphatic rings. The number of aromatic hydroxyl groups is 1. The van der Waals surface area contributed by atoms with Gasteiger partial charge in [0, 0.05) is 5.69 Å². The summed E-state index contributed by atoms with van der Waals surface area (Å²) in [7, 11) is 0. The Morgan fingerprint density at radius 2 is 1.78 bits per heavy atom. The molecule has 1 heterocycles. The first-order valence-electron chi connectivity index (χ1n) is 8.33. The topological polar surface area (TPSA) is 78.0 Å². The monoisotopic (exact) mass is 315 g/mol. The number of rotatable bonds is 9. The molecule has 5 nitrogen and oxygen atoms in total. The molecule has 0 spiro atoms. The smallest absolute Gasteiger partial charge is 0.256 e. The minimum atomic E-state index is -0.389. The number of nitrogens with zero attached hydrogens (tertiary/aromatic N) is 1. The molecular formula is C18H25N3O2. The van der Waals surface area contributed by atoms with E-state index in [9.17, 15) is 9.90 Å². The molecule has 0 atom stereocenters. The van der Waals surface area contributed by atoms with Crippen molar-refractivity contribution in [2.75, 3.05) is 5.32 Å². The van der Waals surface area contributed by atoms with Gasteiger partial charge in [0.15, 0.2) is 0 Å². The van der Waals surface area contributed by atoms with E-state index in [2.05, 4.69) is 34.3 Å². The highest BCUT2D eigenvalue weighted by Crippen LogP contribution is 2.16. The van der Waals surface area contributed by atoms with Gasteiger partial charge in [0.1, 0.15) is 0 Å². The van der Waals surface area contributed by atoms with Crippen LogP contribution in [0.25, 0.3) is 0 Å². The maximum absolute atomic E-state index is 11.3. The lowest BCUT2D eigenvalue weighted by Gasteiger charge is -2.07. The molecule has 0 radical (unpaired) electrons. The van der Waals surface area contributed by atoms with Crippen LogP contribution < -0.4 is 10.9 Å². The van der Waals surface area contributed by atoms with Gasteiger partial charge in [-0.1, -0.05) is 51.2 Å². The summed E-state index contributed by atoms with van der Waals surface area (Å²) in [5, 5.41) is 12.3. The highest BCUT2D eigenvalue weighted by atomic mass is 16.3. The van der Waals surface area contributed by atoms with Crippen LogP contribution in [0.5, 0.6) is 5.88 Å². The molecule has 0 aliphatic carbocycles. The number of hydrogen-bond donors (Lipinski definition) is 3. The van der Waals surface area contributed by atoms with Crippen LogP contribution in [-0.2, 0) is 6.42 Å². The second-order valence-corrected chi connectivity index (χ2v) is 5.79. The van der Waals surface area contributed by atoms with Gasteiger partial charge in [0.25, 0.3) is 5.56 Å². The lowest BCUT2D eigenvalue weighted by atomic mass is 10.0. The zero-order chi connectivity index (χ0) is 16.5. The number of aryl methyl sites for hydroxylation is 1. The highest BCUT2D eigenvalue weighted by molar-refractivity contribution is 5.53. The average molecular weight is 315 g/mol. The molecule has 0 aliphatic heterocycles. The normalized spacial score (nSPS) is 10.7. The molecule has 3 N–H and O–H groups in total. The number of hydrogen-bond acceptors (Lipinski definition) is 4. The molecule has 23 heavy (non-hydrogen) atoms. The summed E-state index contributed by atoms with van der Waals surface area (Å²) in [5.74, 6) is -0.0605. The van der Waals surface area contributed by atoms with Gasteiger partial charge in [0.05, 0.1) is 6.07 Å². The number of aromatic amines is 1. The molecule has 0 bridgehead atoms. The minimum absolute atomic E-state index is 0.235. The first kappa shape index (κ1) is 17.1. The fraction of sp³-hybridized carbons (Fsp3) is 0.444. The second-order valence-electron chi connectivity index (χ2n) is 5.79. The maximum Gasteiger partial charge on any atom is 0.256 e. The molecular weight excluding hydrogens is 290 g/mol. The van der Waals surface area contributed by atoms with Gasteiger partial charge in [0.2, 0.25) is 11.8 Å². The molecule has 0 saturated heterocycles. The van der Waals surface area contributed by atoms with E-state index in [0.717, 1.165) is 18.2 Å². The van der Waals surface area contributed by atoms with Gasteiger partial charge in [-0.3, -0.25) is 9.78 Å². The van der Waals surface area contributed by atoms with Gasteiger partial charge in [-0.25, -0.2) is 0 Å². The van der Waals surface area contributed by atoms with Crippen molar-refractivity contribution in [3.63, 3.8) is 0 Å². The summed E-state index contributed by atoms with van der Waals surface area (Å²) in [6.07, 6.45) is 8.89. The molecule has 1 aromatic carbocycles. The van der Waals surface area contributed by atoms with Crippen LogP contribution in [0.3, 0.4) is 0 Å². The molecule has 2 aromatic rings. The van der Waals surface area contributed by atoms with Gasteiger partial charge in [-0.2, -0.15) is 4.98 Å². The summed E-state index contributed by atoms with van der Waals surface area (Å²) in [6, 6.07) is 9.10. The number of aromatic nitrogens is 2. The number of unbranched alkanes of at least 4 members (excludes halogenated alkanes) is 5. The van der Waals surface area contributed by atoms with Crippen LogP contribution in [-0.4, -0.2) is 15.1 Å². The summed E-state index contributed by atoms with van der Waals surface area (Å²) < 4.78 is 0. The van der Waals surface area contributed by atoms with Crippen LogP contribution in [0, 0.1) is 0 Å². The Balaban J connectivity index is 1.81. The molecule has 0 unspecified atom stereocenters. The second kappa shape index (κ2) is 8.98. The van der Waals surface area contributed by atoms with E-state index in [-0.39, 0.29) is 17.4 Å². The van der Waals surface area contributed by atoms with Crippen LogP contribution in [0.2, 0.25) is 0 Å². The minimum Gasteiger partial charge on any atom is -0.493 e. The summed E-state index contributed by atoms with van der Waals surface area (Å²) in [4.78, 5) is 17.6. The van der Waals surface area contributed by atoms with Gasteiger partial charge in [-0.15, -0.1) is 0 Å². The predicted octanol–water partition coefficient (Wildman–Crippen LogP) is 4.12. The number of H-pyrrole nitrogens is 1. The van der Waals surface area contributed by atoms with Crippen molar-refractivity contribution < 1.29 is 5.11 Å². The molecule has 2 rings (SSSR count). The Bertz CT molecular complexity index is 650.